The minimum absolute atomic E-state index is 1.29. The van der Waals surface area contributed by atoms with E-state index in [1.807, 2.05) is 0 Å². The molecule has 0 amide bonds. The topological polar surface area (TPSA) is 6.48 Å². The predicted octanol–water partition coefficient (Wildman–Crippen LogP) is 4.13. The molecule has 0 spiro atoms. The van der Waals surface area contributed by atoms with Gasteiger partial charge in [0, 0.05) is 49.7 Å². The zero-order valence-corrected chi connectivity index (χ0v) is 12.5. The van der Waals surface area contributed by atoms with Crippen molar-refractivity contribution in [3.05, 3.63) is 48.5 Å². The lowest BCUT2D eigenvalue weighted by Gasteiger charge is -2.24. The van der Waals surface area contributed by atoms with Crippen LogP contribution in [0.4, 0.5) is 11.4 Å². The summed E-state index contributed by atoms with van der Waals surface area (Å²) in [6.07, 6.45) is 0. The van der Waals surface area contributed by atoms with Crippen LogP contribution in [-0.4, -0.2) is 28.2 Å². The molecule has 0 aromatic heterocycles. The van der Waals surface area contributed by atoms with Crippen LogP contribution in [0.3, 0.4) is 0 Å². The Bertz CT molecular complexity index is 650. The molecule has 0 fully saturated rings. The van der Waals surface area contributed by atoms with Crippen molar-refractivity contribution in [2.24, 2.45) is 0 Å². The van der Waals surface area contributed by atoms with Gasteiger partial charge in [0.05, 0.1) is 11.4 Å². The SMILES string of the molecule is CN(C)c1c2ccccc2c(N(C)C)c2ccccc12. The summed E-state index contributed by atoms with van der Waals surface area (Å²) in [5.41, 5.74) is 2.59. The maximum atomic E-state index is 2.21. The van der Waals surface area contributed by atoms with E-state index in [0.717, 1.165) is 0 Å². The number of hydrogen-bond donors (Lipinski definition) is 0. The molecule has 2 heteroatoms. The van der Waals surface area contributed by atoms with Crippen LogP contribution in [0.1, 0.15) is 0 Å². The fourth-order valence-electron chi connectivity index (χ4n) is 3.05. The van der Waals surface area contributed by atoms with E-state index in [1.165, 1.54) is 32.9 Å². The molecular formula is C18H20N2. The molecule has 0 unspecified atom stereocenters. The molecule has 0 aliphatic carbocycles. The maximum Gasteiger partial charge on any atom is 0.0521 e. The van der Waals surface area contributed by atoms with E-state index in [2.05, 4.69) is 86.5 Å². The molecule has 102 valence electrons. The van der Waals surface area contributed by atoms with Gasteiger partial charge in [-0.05, 0) is 0 Å². The Morgan fingerprint density at radius 1 is 0.500 bits per heavy atom. The zero-order valence-electron chi connectivity index (χ0n) is 12.5. The summed E-state index contributed by atoms with van der Waals surface area (Å²) in [5.74, 6) is 0. The molecule has 0 N–H and O–H groups in total. The number of benzene rings is 3. The third-order valence-electron chi connectivity index (χ3n) is 3.77. The van der Waals surface area contributed by atoms with Crippen molar-refractivity contribution in [2.45, 2.75) is 0 Å². The first kappa shape index (κ1) is 12.8. The van der Waals surface area contributed by atoms with E-state index >= 15 is 0 Å². The molecule has 0 radical (unpaired) electrons. The van der Waals surface area contributed by atoms with Crippen LogP contribution in [0.25, 0.3) is 21.5 Å². The van der Waals surface area contributed by atoms with Gasteiger partial charge in [0.15, 0.2) is 0 Å². The average molecular weight is 264 g/mol. The van der Waals surface area contributed by atoms with Crippen LogP contribution in [0, 0.1) is 0 Å². The van der Waals surface area contributed by atoms with Crippen molar-refractivity contribution in [3.8, 4) is 0 Å². The standard InChI is InChI=1S/C18H20N2/c1-19(2)17-13-9-5-7-11-15(13)18(20(3)4)16-12-8-6-10-14(16)17/h5-12H,1-4H3. The summed E-state index contributed by atoms with van der Waals surface area (Å²) in [5, 5.41) is 5.22. The molecule has 3 aromatic rings. The van der Waals surface area contributed by atoms with Gasteiger partial charge in [0.1, 0.15) is 0 Å². The van der Waals surface area contributed by atoms with Gasteiger partial charge in [0.2, 0.25) is 0 Å². The third kappa shape index (κ3) is 1.80. The van der Waals surface area contributed by atoms with E-state index in [-0.39, 0.29) is 0 Å². The van der Waals surface area contributed by atoms with Gasteiger partial charge in [-0.3, -0.25) is 0 Å². The van der Waals surface area contributed by atoms with Gasteiger partial charge in [-0.25, -0.2) is 0 Å². The fraction of sp³-hybridized carbons (Fsp3) is 0.222. The number of fused-ring (bicyclic) bond motifs is 2. The summed E-state index contributed by atoms with van der Waals surface area (Å²) in [6, 6.07) is 17.3. The van der Waals surface area contributed by atoms with E-state index < -0.39 is 0 Å². The van der Waals surface area contributed by atoms with Gasteiger partial charge in [-0.2, -0.15) is 0 Å². The third-order valence-corrected chi connectivity index (χ3v) is 3.77. The first-order valence-corrected chi connectivity index (χ1v) is 6.89. The van der Waals surface area contributed by atoms with Gasteiger partial charge in [-0.1, -0.05) is 48.5 Å². The molecule has 0 saturated heterocycles. The van der Waals surface area contributed by atoms with E-state index in [4.69, 9.17) is 0 Å². The molecule has 0 saturated carbocycles. The Hall–Kier alpha value is -2.22. The second-order valence-corrected chi connectivity index (χ2v) is 5.58. The normalized spacial score (nSPS) is 11.0. The molecule has 0 heterocycles. The molecule has 0 aliphatic rings. The molecule has 3 aromatic carbocycles. The highest BCUT2D eigenvalue weighted by Crippen LogP contribution is 2.41. The molecule has 0 aliphatic heterocycles. The Kier molecular flexibility index (Phi) is 3.01. The lowest BCUT2D eigenvalue weighted by Crippen LogP contribution is -2.13. The van der Waals surface area contributed by atoms with Crippen molar-refractivity contribution >= 4 is 32.9 Å². The number of nitrogens with zero attached hydrogens (tertiary/aromatic N) is 2. The zero-order chi connectivity index (χ0) is 14.3. The van der Waals surface area contributed by atoms with Crippen LogP contribution in [0.2, 0.25) is 0 Å². The van der Waals surface area contributed by atoms with E-state index in [1.54, 1.807) is 0 Å². The quantitative estimate of drug-likeness (QED) is 0.507. The van der Waals surface area contributed by atoms with Crippen LogP contribution in [0.5, 0.6) is 0 Å². The summed E-state index contributed by atoms with van der Waals surface area (Å²) in [7, 11) is 8.46. The van der Waals surface area contributed by atoms with Crippen LogP contribution >= 0.6 is 0 Å². The average Bonchev–Trinajstić information content (AvgIpc) is 2.43. The van der Waals surface area contributed by atoms with Crippen molar-refractivity contribution in [3.63, 3.8) is 0 Å². The first-order chi connectivity index (χ1) is 9.61. The van der Waals surface area contributed by atoms with Crippen molar-refractivity contribution in [2.75, 3.05) is 38.0 Å². The molecule has 20 heavy (non-hydrogen) atoms. The molecule has 0 bridgehead atoms. The smallest absolute Gasteiger partial charge is 0.0521 e. The second-order valence-electron chi connectivity index (χ2n) is 5.58. The van der Waals surface area contributed by atoms with E-state index in [9.17, 15) is 0 Å². The molecule has 2 nitrogen and oxygen atoms in total. The highest BCUT2D eigenvalue weighted by Gasteiger charge is 2.15. The monoisotopic (exact) mass is 264 g/mol. The predicted molar refractivity (Wildman–Crippen MR) is 90.1 cm³/mol. The van der Waals surface area contributed by atoms with Crippen LogP contribution in [0.15, 0.2) is 48.5 Å². The molecule has 0 atom stereocenters. The van der Waals surface area contributed by atoms with Crippen molar-refractivity contribution in [1.29, 1.82) is 0 Å². The Morgan fingerprint density at radius 2 is 0.750 bits per heavy atom. The Morgan fingerprint density at radius 3 is 0.950 bits per heavy atom. The number of hydrogen-bond acceptors (Lipinski definition) is 2. The summed E-state index contributed by atoms with van der Waals surface area (Å²) >= 11 is 0. The van der Waals surface area contributed by atoms with E-state index in [0.29, 0.717) is 0 Å². The van der Waals surface area contributed by atoms with Gasteiger partial charge in [-0.15, -0.1) is 0 Å². The van der Waals surface area contributed by atoms with Crippen molar-refractivity contribution in [1.82, 2.24) is 0 Å². The largest absolute Gasteiger partial charge is 0.377 e. The summed E-state index contributed by atoms with van der Waals surface area (Å²) < 4.78 is 0. The second kappa shape index (κ2) is 4.71. The van der Waals surface area contributed by atoms with Crippen molar-refractivity contribution < 1.29 is 0 Å². The molecular weight excluding hydrogens is 244 g/mol. The lowest BCUT2D eigenvalue weighted by molar-refractivity contribution is 1.14. The fourth-order valence-corrected chi connectivity index (χ4v) is 3.05. The Labute approximate surface area is 120 Å². The summed E-state index contributed by atoms with van der Waals surface area (Å²) in [6.45, 7) is 0. The van der Waals surface area contributed by atoms with Crippen LogP contribution < -0.4 is 9.80 Å². The summed E-state index contributed by atoms with van der Waals surface area (Å²) in [4.78, 5) is 4.42. The maximum absolute atomic E-state index is 2.21. The van der Waals surface area contributed by atoms with Gasteiger partial charge >= 0.3 is 0 Å². The van der Waals surface area contributed by atoms with Gasteiger partial charge < -0.3 is 9.80 Å². The minimum Gasteiger partial charge on any atom is -0.377 e. The van der Waals surface area contributed by atoms with Crippen LogP contribution in [-0.2, 0) is 0 Å². The lowest BCUT2D eigenvalue weighted by atomic mass is 9.97. The number of anilines is 2. The first-order valence-electron chi connectivity index (χ1n) is 6.89. The highest BCUT2D eigenvalue weighted by atomic mass is 15.1. The number of rotatable bonds is 2. The minimum atomic E-state index is 1.29. The van der Waals surface area contributed by atoms with Gasteiger partial charge in [0.25, 0.3) is 0 Å². The Balaban J connectivity index is 2.62. The highest BCUT2D eigenvalue weighted by molar-refractivity contribution is 6.19. The molecule has 3 rings (SSSR count).